The average Bonchev–Trinajstić information content (AvgIpc) is 3.57. The SMILES string of the molecule is CC1(C)OCC([C@@H]2O[C@H]3OC(C)(C)O[C@H]3[C@@H]2OP(O)O[C@H]2[C@@H]3OC(C)(C)O[C@@H]3O[C@H]2C2COC(C)(C)O2)O1. The van der Waals surface area contributed by atoms with Crippen molar-refractivity contribution < 1.29 is 61.3 Å². The Morgan fingerprint density at radius 3 is 1.29 bits per heavy atom. The van der Waals surface area contributed by atoms with Gasteiger partial charge in [-0.3, -0.25) is 0 Å². The number of ether oxygens (including phenoxy) is 10. The van der Waals surface area contributed by atoms with Gasteiger partial charge < -0.3 is 61.3 Å². The molecule has 13 nitrogen and oxygen atoms in total. The quantitative estimate of drug-likeness (QED) is 0.471. The van der Waals surface area contributed by atoms with Crippen LogP contribution in [-0.2, 0) is 56.4 Å². The first-order valence-electron chi connectivity index (χ1n) is 13.1. The molecule has 0 amide bonds. The Labute approximate surface area is 223 Å². The summed E-state index contributed by atoms with van der Waals surface area (Å²) in [6, 6.07) is 0. The zero-order valence-corrected chi connectivity index (χ0v) is 23.9. The summed E-state index contributed by atoms with van der Waals surface area (Å²) in [6.07, 6.45) is -6.25. The zero-order chi connectivity index (χ0) is 27.3. The van der Waals surface area contributed by atoms with E-state index in [-0.39, 0.29) is 0 Å². The van der Waals surface area contributed by atoms with Gasteiger partial charge in [0, 0.05) is 0 Å². The summed E-state index contributed by atoms with van der Waals surface area (Å²) in [4.78, 5) is 11.2. The van der Waals surface area contributed by atoms with E-state index < -0.39 is 93.2 Å². The summed E-state index contributed by atoms with van der Waals surface area (Å²) in [5.41, 5.74) is 0. The zero-order valence-electron chi connectivity index (χ0n) is 23.0. The molecule has 0 aromatic heterocycles. The standard InChI is InChI=1S/C24H39O13P/c1-21(2)26-9-11(30-21)13-15(17-19(28-13)34-23(5,6)32-17)36-38(25)37-16-14(12-10-27-22(3,4)31-12)29-20-18(16)33-24(7,8)35-20/h11-20,25H,9-10H2,1-8H3/t11?,12?,13-,14-,15+,16+,17-,18-,19-,20-,38?/m0/s1. The smallest absolute Gasteiger partial charge is 0.330 e. The molecule has 0 aromatic carbocycles. The van der Waals surface area contributed by atoms with Gasteiger partial charge in [0.2, 0.25) is 0 Å². The minimum atomic E-state index is -2.47. The summed E-state index contributed by atoms with van der Waals surface area (Å²) in [5, 5.41) is 0. The Morgan fingerprint density at radius 2 is 0.947 bits per heavy atom. The third-order valence-corrected chi connectivity index (χ3v) is 8.12. The van der Waals surface area contributed by atoms with Crippen LogP contribution in [0.4, 0.5) is 0 Å². The van der Waals surface area contributed by atoms with E-state index in [9.17, 15) is 4.89 Å². The van der Waals surface area contributed by atoms with Crippen molar-refractivity contribution in [3.05, 3.63) is 0 Å². The van der Waals surface area contributed by atoms with Gasteiger partial charge in [-0.15, -0.1) is 0 Å². The van der Waals surface area contributed by atoms with Gasteiger partial charge in [-0.25, -0.2) is 0 Å². The van der Waals surface area contributed by atoms with Crippen molar-refractivity contribution in [2.24, 2.45) is 0 Å². The van der Waals surface area contributed by atoms with Gasteiger partial charge in [0.1, 0.15) is 48.8 Å². The molecule has 218 valence electrons. The summed E-state index contributed by atoms with van der Waals surface area (Å²) in [5.74, 6) is -3.30. The number of rotatable bonds is 6. The molecule has 6 aliphatic heterocycles. The van der Waals surface area contributed by atoms with E-state index in [4.69, 9.17) is 56.4 Å². The Morgan fingerprint density at radius 1 is 0.553 bits per heavy atom. The first-order chi connectivity index (χ1) is 17.6. The molecule has 10 atom stereocenters. The lowest BCUT2D eigenvalue weighted by Gasteiger charge is -2.32. The third kappa shape index (κ3) is 5.41. The van der Waals surface area contributed by atoms with Crippen LogP contribution in [0.15, 0.2) is 0 Å². The molecular weight excluding hydrogens is 527 g/mol. The highest BCUT2D eigenvalue weighted by atomic mass is 31.2. The molecule has 38 heavy (non-hydrogen) atoms. The first-order valence-corrected chi connectivity index (χ1v) is 14.2. The molecule has 14 heteroatoms. The Kier molecular flexibility index (Phi) is 6.99. The normalized spacial score (nSPS) is 48.9. The molecule has 1 N–H and O–H groups in total. The lowest BCUT2D eigenvalue weighted by Crippen LogP contribution is -2.45. The molecule has 0 bridgehead atoms. The van der Waals surface area contributed by atoms with Gasteiger partial charge in [0.15, 0.2) is 35.7 Å². The monoisotopic (exact) mass is 566 g/mol. The molecule has 0 aromatic rings. The fraction of sp³-hybridized carbons (Fsp3) is 1.00. The van der Waals surface area contributed by atoms with Crippen LogP contribution < -0.4 is 0 Å². The highest BCUT2D eigenvalue weighted by molar-refractivity contribution is 7.40. The molecular formula is C24H39O13P. The Hall–Kier alpha value is -0.0900. The van der Waals surface area contributed by atoms with Crippen molar-refractivity contribution in [3.63, 3.8) is 0 Å². The summed E-state index contributed by atoms with van der Waals surface area (Å²) < 4.78 is 72.2. The van der Waals surface area contributed by atoms with Gasteiger partial charge in [0.25, 0.3) is 0 Å². The van der Waals surface area contributed by atoms with E-state index in [1.165, 1.54) is 0 Å². The Bertz CT molecular complexity index is 829. The molecule has 6 saturated heterocycles. The summed E-state index contributed by atoms with van der Waals surface area (Å²) >= 11 is 0. The van der Waals surface area contributed by atoms with E-state index in [2.05, 4.69) is 0 Å². The highest BCUT2D eigenvalue weighted by Gasteiger charge is 2.62. The fourth-order valence-corrected chi connectivity index (χ4v) is 6.78. The maximum Gasteiger partial charge on any atom is 0.330 e. The lowest BCUT2D eigenvalue weighted by molar-refractivity contribution is -0.233. The number of hydrogen-bond acceptors (Lipinski definition) is 13. The van der Waals surface area contributed by atoms with Crippen molar-refractivity contribution in [2.45, 2.75) is 140 Å². The van der Waals surface area contributed by atoms with E-state index in [1.54, 1.807) is 27.7 Å². The second-order valence-electron chi connectivity index (χ2n) is 12.3. The van der Waals surface area contributed by atoms with Gasteiger partial charge in [-0.05, 0) is 55.4 Å². The van der Waals surface area contributed by atoms with Crippen LogP contribution >= 0.6 is 8.60 Å². The third-order valence-electron chi connectivity index (χ3n) is 7.27. The highest BCUT2D eigenvalue weighted by Crippen LogP contribution is 2.51. The van der Waals surface area contributed by atoms with Crippen molar-refractivity contribution in [1.82, 2.24) is 0 Å². The van der Waals surface area contributed by atoms with Gasteiger partial charge in [0.05, 0.1) is 13.2 Å². The van der Waals surface area contributed by atoms with Crippen molar-refractivity contribution in [2.75, 3.05) is 13.2 Å². The average molecular weight is 567 g/mol. The van der Waals surface area contributed by atoms with Crippen LogP contribution in [0.3, 0.4) is 0 Å². The van der Waals surface area contributed by atoms with Crippen molar-refractivity contribution >= 4 is 8.60 Å². The number of hydrogen-bond donors (Lipinski definition) is 1. The largest absolute Gasteiger partial charge is 0.348 e. The second-order valence-corrected chi connectivity index (χ2v) is 13.1. The molecule has 2 unspecified atom stereocenters. The molecule has 0 aliphatic carbocycles. The second kappa shape index (κ2) is 9.47. The predicted molar refractivity (Wildman–Crippen MR) is 126 cm³/mol. The van der Waals surface area contributed by atoms with Crippen LogP contribution in [0, 0.1) is 0 Å². The van der Waals surface area contributed by atoms with E-state index in [0.717, 1.165) is 0 Å². The van der Waals surface area contributed by atoms with Crippen molar-refractivity contribution in [1.29, 1.82) is 0 Å². The van der Waals surface area contributed by atoms with Gasteiger partial charge in [-0.2, -0.15) is 0 Å². The molecule has 0 spiro atoms. The van der Waals surface area contributed by atoms with E-state index >= 15 is 0 Å². The van der Waals surface area contributed by atoms with Crippen LogP contribution in [-0.4, -0.2) is 103 Å². The Balaban J connectivity index is 1.18. The summed E-state index contributed by atoms with van der Waals surface area (Å²) in [7, 11) is -2.47. The lowest BCUT2D eigenvalue weighted by atomic mass is 10.1. The minimum Gasteiger partial charge on any atom is -0.348 e. The van der Waals surface area contributed by atoms with Crippen LogP contribution in [0.25, 0.3) is 0 Å². The molecule has 6 heterocycles. The fourth-order valence-electron chi connectivity index (χ4n) is 5.83. The van der Waals surface area contributed by atoms with Crippen LogP contribution in [0.5, 0.6) is 0 Å². The summed E-state index contributed by atoms with van der Waals surface area (Å²) in [6.45, 7) is 15.1. The predicted octanol–water partition coefficient (Wildman–Crippen LogP) is 2.03. The maximum absolute atomic E-state index is 11.2. The first kappa shape index (κ1) is 28.0. The minimum absolute atomic E-state index is 0.294. The van der Waals surface area contributed by atoms with Crippen LogP contribution in [0.2, 0.25) is 0 Å². The molecule has 6 fully saturated rings. The molecule has 0 saturated carbocycles. The van der Waals surface area contributed by atoms with Crippen molar-refractivity contribution in [3.8, 4) is 0 Å². The van der Waals surface area contributed by atoms with E-state index in [1.807, 2.05) is 27.7 Å². The number of fused-ring (bicyclic) bond motifs is 2. The molecule has 0 radical (unpaired) electrons. The van der Waals surface area contributed by atoms with Gasteiger partial charge >= 0.3 is 8.60 Å². The van der Waals surface area contributed by atoms with Crippen LogP contribution in [0.1, 0.15) is 55.4 Å². The molecule has 6 rings (SSSR count). The van der Waals surface area contributed by atoms with Gasteiger partial charge in [-0.1, -0.05) is 0 Å². The maximum atomic E-state index is 11.2. The van der Waals surface area contributed by atoms with E-state index in [0.29, 0.717) is 13.2 Å². The topological polar surface area (TPSA) is 131 Å². The molecule has 6 aliphatic rings.